The molecular formula is C24H39NaO4. The molecule has 0 aliphatic heterocycles. The van der Waals surface area contributed by atoms with Crippen LogP contribution in [-0.2, 0) is 4.79 Å². The van der Waals surface area contributed by atoms with E-state index in [1.165, 1.54) is 25.7 Å². The van der Waals surface area contributed by atoms with Crippen LogP contribution in [0.3, 0.4) is 0 Å². The summed E-state index contributed by atoms with van der Waals surface area (Å²) >= 11 is 0. The van der Waals surface area contributed by atoms with Crippen molar-refractivity contribution in [2.45, 2.75) is 97.2 Å². The summed E-state index contributed by atoms with van der Waals surface area (Å²) in [7, 11) is 0. The van der Waals surface area contributed by atoms with Crippen LogP contribution in [0.5, 0.6) is 0 Å². The van der Waals surface area contributed by atoms with Gasteiger partial charge in [-0.3, -0.25) is 0 Å². The molecule has 29 heavy (non-hydrogen) atoms. The van der Waals surface area contributed by atoms with Gasteiger partial charge in [0.15, 0.2) is 0 Å². The summed E-state index contributed by atoms with van der Waals surface area (Å²) in [5, 5.41) is 32.2. The van der Waals surface area contributed by atoms with Crippen LogP contribution >= 0.6 is 0 Å². The van der Waals surface area contributed by atoms with Gasteiger partial charge in [-0.25, -0.2) is 0 Å². The predicted octanol–water partition coefficient (Wildman–Crippen LogP) is 0.147. The Morgan fingerprint density at radius 3 is 2.34 bits per heavy atom. The molecule has 0 spiro atoms. The zero-order valence-corrected chi connectivity index (χ0v) is 20.9. The molecule has 4 saturated carbocycles. The molecule has 0 aromatic rings. The molecule has 0 aromatic carbocycles. The Kier molecular flexibility index (Phi) is 7.24. The molecule has 4 aliphatic rings. The molecule has 160 valence electrons. The van der Waals surface area contributed by atoms with Crippen LogP contribution < -0.4 is 34.7 Å². The monoisotopic (exact) mass is 414 g/mol. The van der Waals surface area contributed by atoms with Crippen LogP contribution in [0.4, 0.5) is 0 Å². The maximum Gasteiger partial charge on any atom is 1.00 e. The van der Waals surface area contributed by atoms with Crippen LogP contribution in [0.2, 0.25) is 0 Å². The van der Waals surface area contributed by atoms with Crippen molar-refractivity contribution in [2.24, 2.45) is 46.3 Å². The van der Waals surface area contributed by atoms with Crippen LogP contribution in [0.1, 0.15) is 85.0 Å². The third kappa shape index (κ3) is 3.99. The van der Waals surface area contributed by atoms with Gasteiger partial charge in [0.05, 0.1) is 12.2 Å². The van der Waals surface area contributed by atoms with Crippen LogP contribution in [0.15, 0.2) is 0 Å². The Morgan fingerprint density at radius 1 is 1.00 bits per heavy atom. The summed E-state index contributed by atoms with van der Waals surface area (Å²) in [4.78, 5) is 10.9. The molecule has 0 bridgehead atoms. The Labute approximate surface area is 198 Å². The number of aliphatic hydroxyl groups excluding tert-OH is 2. The van der Waals surface area contributed by atoms with Crippen LogP contribution in [-0.4, -0.2) is 28.4 Å². The largest absolute Gasteiger partial charge is 1.00 e. The molecule has 5 heteroatoms. The summed E-state index contributed by atoms with van der Waals surface area (Å²) in [6, 6.07) is 0. The molecule has 0 saturated heterocycles. The summed E-state index contributed by atoms with van der Waals surface area (Å²) < 4.78 is 0. The third-order valence-corrected chi connectivity index (χ3v) is 10.2. The molecule has 2 N–H and O–H groups in total. The molecule has 0 radical (unpaired) electrons. The van der Waals surface area contributed by atoms with E-state index < -0.39 is 5.97 Å². The number of carbonyl (C=O) groups excluding carboxylic acids is 1. The Balaban J connectivity index is 0.00000240. The zero-order chi connectivity index (χ0) is 20.3. The summed E-state index contributed by atoms with van der Waals surface area (Å²) in [6.45, 7) is 7.11. The first-order valence-electron chi connectivity index (χ1n) is 11.7. The number of rotatable bonds is 4. The van der Waals surface area contributed by atoms with Crippen LogP contribution in [0, 0.1) is 46.3 Å². The second-order valence-electron chi connectivity index (χ2n) is 11.3. The molecule has 10 atom stereocenters. The second-order valence-corrected chi connectivity index (χ2v) is 11.3. The molecule has 4 fully saturated rings. The van der Waals surface area contributed by atoms with E-state index in [9.17, 15) is 20.1 Å². The maximum atomic E-state index is 11.1. The zero-order valence-electron chi connectivity index (χ0n) is 18.9. The van der Waals surface area contributed by atoms with Gasteiger partial charge in [-0.1, -0.05) is 20.8 Å². The second kappa shape index (κ2) is 8.73. The Bertz CT molecular complexity index is 612. The van der Waals surface area contributed by atoms with Gasteiger partial charge in [-0.2, -0.15) is 0 Å². The van der Waals surface area contributed by atoms with Crippen molar-refractivity contribution < 1.29 is 49.7 Å². The molecule has 4 aliphatic carbocycles. The third-order valence-electron chi connectivity index (χ3n) is 10.2. The summed E-state index contributed by atoms with van der Waals surface area (Å²) in [6.07, 6.45) is 8.88. The fourth-order valence-electron chi connectivity index (χ4n) is 8.80. The van der Waals surface area contributed by atoms with E-state index in [1.807, 2.05) is 0 Å². The molecular weight excluding hydrogens is 375 g/mol. The number of carbonyl (C=O) groups is 1. The van der Waals surface area contributed by atoms with Crippen molar-refractivity contribution in [1.29, 1.82) is 0 Å². The van der Waals surface area contributed by atoms with Gasteiger partial charge < -0.3 is 20.1 Å². The summed E-state index contributed by atoms with van der Waals surface area (Å²) in [5.41, 5.74) is 0.450. The number of carboxylic acids is 1. The van der Waals surface area contributed by atoms with Gasteiger partial charge in [0.1, 0.15) is 0 Å². The van der Waals surface area contributed by atoms with Crippen molar-refractivity contribution in [2.75, 3.05) is 0 Å². The van der Waals surface area contributed by atoms with Gasteiger partial charge >= 0.3 is 29.6 Å². The minimum atomic E-state index is -0.927. The first-order chi connectivity index (χ1) is 13.2. The number of aliphatic hydroxyl groups is 2. The van der Waals surface area contributed by atoms with Gasteiger partial charge in [-0.05, 0) is 111 Å². The average Bonchev–Trinajstić information content (AvgIpc) is 2.99. The normalized spacial score (nSPS) is 49.9. The fraction of sp³-hybridized carbons (Fsp3) is 0.958. The minimum absolute atomic E-state index is 0. The van der Waals surface area contributed by atoms with Crippen molar-refractivity contribution in [3.05, 3.63) is 0 Å². The molecule has 0 amide bonds. The van der Waals surface area contributed by atoms with Gasteiger partial charge in [0, 0.05) is 5.97 Å². The van der Waals surface area contributed by atoms with Gasteiger partial charge in [0.2, 0.25) is 0 Å². The average molecular weight is 415 g/mol. The SMILES string of the molecule is C[C@H](CCC(=O)[O-])C1CC[C@H]2[C@@H]3C[C@@H](O)[C@@H]4C[C@@H](O)CC[C@]4(C)[C@H]3CC[C@@]12C.[Na+]. The predicted molar refractivity (Wildman–Crippen MR) is 106 cm³/mol. The van der Waals surface area contributed by atoms with E-state index in [1.54, 1.807) is 0 Å². The first kappa shape index (κ1) is 24.0. The quantitative estimate of drug-likeness (QED) is 0.642. The first-order valence-corrected chi connectivity index (χ1v) is 11.7. The standard InChI is InChI=1S/C24H40O4.Na/c1-14(4-7-22(27)28)17-5-6-18-16-13-21(26)20-12-15(25)8-10-24(20,3)19(16)9-11-23(17,18)2;/h14-21,25-26H,4-13H2,1-3H3,(H,27,28);/q;+1/p-1/t14-,15+,16+,17?,18+,19+,20+,21-,23+,24-;/m1./s1. The number of aliphatic carboxylic acids is 1. The van der Waals surface area contributed by atoms with E-state index in [4.69, 9.17) is 0 Å². The molecule has 4 rings (SSSR count). The molecule has 1 unspecified atom stereocenters. The van der Waals surface area contributed by atoms with E-state index in [0.29, 0.717) is 29.6 Å². The number of hydrogen-bond acceptors (Lipinski definition) is 4. The van der Waals surface area contributed by atoms with Crippen LogP contribution in [0.25, 0.3) is 0 Å². The van der Waals surface area contributed by atoms with E-state index in [0.717, 1.165) is 32.1 Å². The topological polar surface area (TPSA) is 80.6 Å². The minimum Gasteiger partial charge on any atom is -0.550 e. The number of fused-ring (bicyclic) bond motifs is 5. The van der Waals surface area contributed by atoms with Gasteiger partial charge in [0.25, 0.3) is 0 Å². The Hall–Kier alpha value is 0.390. The molecule has 0 heterocycles. The summed E-state index contributed by atoms with van der Waals surface area (Å²) in [5.74, 6) is 2.25. The van der Waals surface area contributed by atoms with Crippen molar-refractivity contribution in [1.82, 2.24) is 0 Å². The molecule has 4 nitrogen and oxygen atoms in total. The van der Waals surface area contributed by atoms with Crippen molar-refractivity contribution >= 4 is 5.97 Å². The smallest absolute Gasteiger partial charge is 0.550 e. The van der Waals surface area contributed by atoms with Crippen molar-refractivity contribution in [3.8, 4) is 0 Å². The van der Waals surface area contributed by atoms with E-state index in [-0.39, 0.29) is 64.9 Å². The maximum absolute atomic E-state index is 11.1. The van der Waals surface area contributed by atoms with Gasteiger partial charge in [-0.15, -0.1) is 0 Å². The van der Waals surface area contributed by atoms with E-state index in [2.05, 4.69) is 20.8 Å². The van der Waals surface area contributed by atoms with E-state index >= 15 is 0 Å². The number of hydrogen-bond donors (Lipinski definition) is 2. The Morgan fingerprint density at radius 2 is 1.66 bits per heavy atom. The molecule has 0 aromatic heterocycles. The van der Waals surface area contributed by atoms with Crippen molar-refractivity contribution in [3.63, 3.8) is 0 Å². The fourth-order valence-corrected chi connectivity index (χ4v) is 8.80. The number of carboxylic acid groups (broad SMARTS) is 1.